The molecule has 0 bridgehead atoms. The van der Waals surface area contributed by atoms with E-state index in [1.165, 1.54) is 18.2 Å². The molecule has 1 aromatic heterocycles. The number of carbonyl (C=O) groups excluding carboxylic acids is 2. The maximum absolute atomic E-state index is 12.9. The summed E-state index contributed by atoms with van der Waals surface area (Å²) in [5, 5.41) is 8.97. The van der Waals surface area contributed by atoms with Crippen LogP contribution < -0.4 is 4.74 Å². The van der Waals surface area contributed by atoms with Crippen molar-refractivity contribution in [2.45, 2.75) is 31.9 Å². The van der Waals surface area contributed by atoms with Gasteiger partial charge in [-0.25, -0.2) is 0 Å². The third-order valence-electron chi connectivity index (χ3n) is 4.15. The molecule has 158 valence electrons. The number of hydrogen-bond acceptors (Lipinski definition) is 5. The van der Waals surface area contributed by atoms with Crippen LogP contribution in [-0.4, -0.2) is 59.2 Å². The van der Waals surface area contributed by atoms with Crippen LogP contribution in [0.25, 0.3) is 10.9 Å². The van der Waals surface area contributed by atoms with Crippen LogP contribution in [0.1, 0.15) is 29.6 Å². The highest BCUT2D eigenvalue weighted by atomic mass is 19.4. The van der Waals surface area contributed by atoms with Crippen LogP contribution in [0.2, 0.25) is 0 Å². The van der Waals surface area contributed by atoms with E-state index in [1.807, 2.05) is 19.0 Å². The molecule has 0 aliphatic rings. The van der Waals surface area contributed by atoms with Gasteiger partial charge < -0.3 is 14.7 Å². The summed E-state index contributed by atoms with van der Waals surface area (Å²) in [5.41, 5.74) is 0.571. The highest BCUT2D eigenvalue weighted by Gasteiger charge is 2.40. The lowest BCUT2D eigenvalue weighted by Gasteiger charge is -2.09. The minimum absolute atomic E-state index is 0.0618. The first-order valence-electron chi connectivity index (χ1n) is 8.81. The van der Waals surface area contributed by atoms with Gasteiger partial charge in [0.1, 0.15) is 5.75 Å². The number of carboxylic acids is 1. The van der Waals surface area contributed by atoms with Gasteiger partial charge in [-0.3, -0.25) is 19.0 Å². The topological polar surface area (TPSA) is 88.8 Å². The van der Waals surface area contributed by atoms with Crippen LogP contribution in [0, 0.1) is 0 Å². The lowest BCUT2D eigenvalue weighted by atomic mass is 10.1. The number of rotatable bonds is 8. The fourth-order valence-corrected chi connectivity index (χ4v) is 2.76. The highest BCUT2D eigenvalue weighted by molar-refractivity contribution is 5.97. The van der Waals surface area contributed by atoms with Crippen molar-refractivity contribution in [2.75, 3.05) is 20.6 Å². The Kier molecular flexibility index (Phi) is 7.02. The third kappa shape index (κ3) is 6.05. The summed E-state index contributed by atoms with van der Waals surface area (Å²) in [7, 11) is 3.62. The summed E-state index contributed by atoms with van der Waals surface area (Å²) in [5.74, 6) is -3.56. The molecular weight excluding hydrogens is 393 g/mol. The van der Waals surface area contributed by atoms with Crippen molar-refractivity contribution in [1.82, 2.24) is 9.47 Å². The van der Waals surface area contributed by atoms with Crippen LogP contribution in [0.15, 0.2) is 24.4 Å². The number of aromatic nitrogens is 1. The Labute approximate surface area is 164 Å². The molecule has 0 saturated heterocycles. The Bertz CT molecular complexity index is 918. The molecule has 0 fully saturated rings. The first kappa shape index (κ1) is 22.4. The smallest absolute Gasteiger partial charge is 0.472 e. The molecule has 1 heterocycles. The summed E-state index contributed by atoms with van der Waals surface area (Å²) in [6.07, 6.45) is -3.66. The number of alkyl halides is 3. The average Bonchev–Trinajstić information content (AvgIpc) is 2.96. The van der Waals surface area contributed by atoms with Gasteiger partial charge in [-0.2, -0.15) is 13.2 Å². The van der Waals surface area contributed by atoms with Crippen molar-refractivity contribution >= 4 is 28.7 Å². The van der Waals surface area contributed by atoms with Crippen molar-refractivity contribution in [3.63, 3.8) is 0 Å². The number of likely N-dealkylation sites (N-methyl/N-ethyl adjacent to an activating group) is 1. The number of nitrogens with zero attached hydrogens (tertiary/aromatic N) is 2. The normalized spacial score (nSPS) is 11.8. The average molecular weight is 414 g/mol. The second-order valence-electron chi connectivity index (χ2n) is 6.78. The molecule has 0 spiro atoms. The van der Waals surface area contributed by atoms with E-state index < -0.39 is 24.0 Å². The first-order chi connectivity index (χ1) is 13.5. The van der Waals surface area contributed by atoms with E-state index in [1.54, 1.807) is 0 Å². The largest absolute Gasteiger partial charge is 0.481 e. The predicted octanol–water partition coefficient (Wildman–Crippen LogP) is 3.11. The Morgan fingerprint density at radius 3 is 2.45 bits per heavy atom. The zero-order valence-corrected chi connectivity index (χ0v) is 16.0. The van der Waals surface area contributed by atoms with E-state index in [0.717, 1.165) is 6.20 Å². The molecule has 0 unspecified atom stereocenters. The minimum Gasteiger partial charge on any atom is -0.481 e. The summed E-state index contributed by atoms with van der Waals surface area (Å²) in [4.78, 5) is 35.9. The number of esters is 1. The fourth-order valence-electron chi connectivity index (χ4n) is 2.76. The zero-order valence-electron chi connectivity index (χ0n) is 16.0. The predicted molar refractivity (Wildman–Crippen MR) is 98.0 cm³/mol. The van der Waals surface area contributed by atoms with E-state index in [4.69, 9.17) is 9.84 Å². The van der Waals surface area contributed by atoms with Crippen LogP contribution in [0.3, 0.4) is 0 Å². The monoisotopic (exact) mass is 414 g/mol. The molecule has 1 N–H and O–H groups in total. The van der Waals surface area contributed by atoms with Gasteiger partial charge in [-0.1, -0.05) is 0 Å². The first-order valence-corrected chi connectivity index (χ1v) is 8.81. The quantitative estimate of drug-likeness (QED) is 0.528. The lowest BCUT2D eigenvalue weighted by molar-refractivity contribution is -0.137. The standard InChI is InChI=1S/C19H21F3N2O5/c1-23(2)9-8-12-11-24(18(28)19(20,21)22)15-7-6-13(10-14(12)15)29-17(27)5-3-4-16(25)26/h6-7,10-11H,3-5,8-9H2,1-2H3,(H,25,26). The van der Waals surface area contributed by atoms with Gasteiger partial charge in [0.2, 0.25) is 0 Å². The maximum atomic E-state index is 12.9. The molecule has 10 heteroatoms. The number of carboxylic acid groups (broad SMARTS) is 1. The Morgan fingerprint density at radius 2 is 1.86 bits per heavy atom. The number of benzene rings is 1. The molecule has 2 aromatic rings. The van der Waals surface area contributed by atoms with E-state index in [-0.39, 0.29) is 30.5 Å². The van der Waals surface area contributed by atoms with Gasteiger partial charge in [0, 0.05) is 31.0 Å². The van der Waals surface area contributed by atoms with Gasteiger partial charge >= 0.3 is 24.0 Å². The van der Waals surface area contributed by atoms with Crippen molar-refractivity contribution in [2.24, 2.45) is 0 Å². The van der Waals surface area contributed by atoms with Gasteiger partial charge in [0.05, 0.1) is 5.52 Å². The van der Waals surface area contributed by atoms with Gasteiger partial charge in [-0.15, -0.1) is 0 Å². The minimum atomic E-state index is -5.03. The number of ether oxygens (including phenoxy) is 1. The van der Waals surface area contributed by atoms with Gasteiger partial charge in [0.15, 0.2) is 0 Å². The van der Waals surface area contributed by atoms with Gasteiger partial charge in [-0.05, 0) is 50.7 Å². The molecule has 1 aromatic carbocycles. The second-order valence-corrected chi connectivity index (χ2v) is 6.78. The number of halogens is 3. The zero-order chi connectivity index (χ0) is 21.8. The lowest BCUT2D eigenvalue weighted by Crippen LogP contribution is -2.28. The molecule has 0 amide bonds. The Morgan fingerprint density at radius 1 is 1.17 bits per heavy atom. The van der Waals surface area contributed by atoms with E-state index >= 15 is 0 Å². The van der Waals surface area contributed by atoms with Crippen molar-refractivity contribution in [3.05, 3.63) is 30.0 Å². The van der Waals surface area contributed by atoms with Crippen LogP contribution in [0.4, 0.5) is 13.2 Å². The SMILES string of the molecule is CN(C)CCc1cn(C(=O)C(F)(F)F)c2ccc(OC(=O)CCCC(=O)O)cc12. The summed E-state index contributed by atoms with van der Waals surface area (Å²) in [6.45, 7) is 0.540. The summed E-state index contributed by atoms with van der Waals surface area (Å²) >= 11 is 0. The van der Waals surface area contributed by atoms with Crippen molar-refractivity contribution in [3.8, 4) is 5.75 Å². The number of hydrogen-bond donors (Lipinski definition) is 1. The van der Waals surface area contributed by atoms with Crippen LogP contribution in [-0.2, 0) is 16.0 Å². The van der Waals surface area contributed by atoms with Crippen LogP contribution in [0.5, 0.6) is 5.75 Å². The van der Waals surface area contributed by atoms with Crippen molar-refractivity contribution in [1.29, 1.82) is 0 Å². The molecule has 0 saturated carbocycles. The van der Waals surface area contributed by atoms with E-state index in [2.05, 4.69) is 0 Å². The Balaban J connectivity index is 2.32. The summed E-state index contributed by atoms with van der Waals surface area (Å²) in [6, 6.07) is 4.00. The van der Waals surface area contributed by atoms with Gasteiger partial charge in [0.25, 0.3) is 0 Å². The molecule has 0 aliphatic carbocycles. The maximum Gasteiger partial charge on any atom is 0.472 e. The number of fused-ring (bicyclic) bond motifs is 1. The summed E-state index contributed by atoms with van der Waals surface area (Å²) < 4.78 is 44.5. The molecule has 0 atom stereocenters. The molecule has 0 radical (unpaired) electrons. The van der Waals surface area contributed by atoms with Crippen LogP contribution >= 0.6 is 0 Å². The fraction of sp³-hybridized carbons (Fsp3) is 0.421. The number of aliphatic carboxylic acids is 1. The van der Waals surface area contributed by atoms with E-state index in [0.29, 0.717) is 28.5 Å². The number of carbonyl (C=O) groups is 3. The second kappa shape index (κ2) is 9.08. The van der Waals surface area contributed by atoms with E-state index in [9.17, 15) is 27.6 Å². The molecule has 2 rings (SSSR count). The highest BCUT2D eigenvalue weighted by Crippen LogP contribution is 2.29. The molecule has 7 nitrogen and oxygen atoms in total. The molecule has 0 aliphatic heterocycles. The molecule has 29 heavy (non-hydrogen) atoms. The van der Waals surface area contributed by atoms with Crippen molar-refractivity contribution < 1.29 is 37.4 Å². The molecular formula is C19H21F3N2O5. The third-order valence-corrected chi connectivity index (χ3v) is 4.15. The Hall–Kier alpha value is -2.88.